The van der Waals surface area contributed by atoms with Gasteiger partial charge in [0.1, 0.15) is 5.56 Å². The number of rotatable bonds is 6. The van der Waals surface area contributed by atoms with E-state index in [1.807, 2.05) is 6.26 Å². The predicted molar refractivity (Wildman–Crippen MR) is 83.0 cm³/mol. The molecule has 2 heterocycles. The van der Waals surface area contributed by atoms with Crippen LogP contribution in [0.3, 0.4) is 0 Å². The molecule has 0 aromatic carbocycles. The number of anilines is 2. The summed E-state index contributed by atoms with van der Waals surface area (Å²) < 4.78 is 10.1. The summed E-state index contributed by atoms with van der Waals surface area (Å²) in [6.45, 7) is 0. The molecule has 9 heteroatoms. The quantitative estimate of drug-likeness (QED) is 0.607. The zero-order chi connectivity index (χ0) is 16.1. The van der Waals surface area contributed by atoms with Gasteiger partial charge < -0.3 is 20.5 Å². The third kappa shape index (κ3) is 3.37. The van der Waals surface area contributed by atoms with E-state index in [-0.39, 0.29) is 17.3 Å². The topological polar surface area (TPSA) is 112 Å². The minimum atomic E-state index is -0.687. The fraction of sp³-hybridized carbons (Fsp3) is 0.231. The predicted octanol–water partition coefficient (Wildman–Crippen LogP) is 1.45. The monoisotopic (exact) mass is 321 g/mol. The van der Waals surface area contributed by atoms with Crippen molar-refractivity contribution < 1.29 is 14.3 Å². The summed E-state index contributed by atoms with van der Waals surface area (Å²) in [4.78, 5) is 24.1. The van der Waals surface area contributed by atoms with Gasteiger partial charge in [-0.3, -0.25) is 4.79 Å². The zero-order valence-electron chi connectivity index (χ0n) is 12.3. The second-order valence-electron chi connectivity index (χ2n) is 4.02. The third-order valence-corrected chi connectivity index (χ3v) is 3.23. The normalized spacial score (nSPS) is 10.1. The van der Waals surface area contributed by atoms with E-state index < -0.39 is 5.91 Å². The first-order chi connectivity index (χ1) is 10.6. The van der Waals surface area contributed by atoms with E-state index in [4.69, 9.17) is 15.2 Å². The van der Waals surface area contributed by atoms with Gasteiger partial charge in [0.25, 0.3) is 5.91 Å². The van der Waals surface area contributed by atoms with Crippen molar-refractivity contribution in [1.29, 1.82) is 0 Å². The Bertz CT molecular complexity index is 678. The van der Waals surface area contributed by atoms with Crippen LogP contribution in [0.4, 0.5) is 11.5 Å². The number of hydrogen-bond acceptors (Lipinski definition) is 8. The van der Waals surface area contributed by atoms with E-state index in [9.17, 15) is 4.79 Å². The minimum absolute atomic E-state index is 0.0797. The van der Waals surface area contributed by atoms with E-state index in [1.54, 1.807) is 18.3 Å². The Morgan fingerprint density at radius 3 is 2.55 bits per heavy atom. The summed E-state index contributed by atoms with van der Waals surface area (Å²) in [5.41, 5.74) is 6.10. The fourth-order valence-corrected chi connectivity index (χ4v) is 2.04. The van der Waals surface area contributed by atoms with Gasteiger partial charge in [-0.1, -0.05) is 11.8 Å². The smallest absolute Gasteiger partial charge is 0.258 e. The van der Waals surface area contributed by atoms with Gasteiger partial charge in [0.05, 0.1) is 26.1 Å². The van der Waals surface area contributed by atoms with Crippen molar-refractivity contribution >= 4 is 29.2 Å². The van der Waals surface area contributed by atoms with Crippen molar-refractivity contribution in [3.63, 3.8) is 0 Å². The molecule has 116 valence electrons. The second kappa shape index (κ2) is 6.94. The molecule has 3 N–H and O–H groups in total. The lowest BCUT2D eigenvalue weighted by Crippen LogP contribution is -2.17. The number of nitrogens with one attached hydrogen (secondary N) is 1. The third-order valence-electron chi connectivity index (χ3n) is 2.69. The Kier molecular flexibility index (Phi) is 4.99. The minimum Gasteiger partial charge on any atom is -0.481 e. The van der Waals surface area contributed by atoms with Crippen LogP contribution in [-0.2, 0) is 0 Å². The Labute approximate surface area is 131 Å². The Morgan fingerprint density at radius 1 is 1.27 bits per heavy atom. The highest BCUT2D eigenvalue weighted by Crippen LogP contribution is 2.28. The molecule has 2 rings (SSSR count). The average molecular weight is 321 g/mol. The summed E-state index contributed by atoms with van der Waals surface area (Å²) in [6, 6.07) is 3.42. The summed E-state index contributed by atoms with van der Waals surface area (Å²) in [5, 5.41) is 3.44. The van der Waals surface area contributed by atoms with Crippen LogP contribution in [0.25, 0.3) is 0 Å². The van der Waals surface area contributed by atoms with Crippen LogP contribution in [0.5, 0.6) is 11.8 Å². The Morgan fingerprint density at radius 2 is 2.05 bits per heavy atom. The molecule has 22 heavy (non-hydrogen) atoms. The van der Waals surface area contributed by atoms with E-state index in [0.29, 0.717) is 16.7 Å². The van der Waals surface area contributed by atoms with E-state index in [2.05, 4.69) is 20.3 Å². The van der Waals surface area contributed by atoms with Gasteiger partial charge in [0.2, 0.25) is 11.8 Å². The number of carbonyl (C=O) groups is 1. The number of ether oxygens (including phenoxy) is 2. The SMILES string of the molecule is COc1ccc(Nc2nc(SC)nc(OC)c2C(N)=O)cn1. The number of thioether (sulfide) groups is 1. The van der Waals surface area contributed by atoms with Crippen molar-refractivity contribution in [1.82, 2.24) is 15.0 Å². The molecule has 8 nitrogen and oxygen atoms in total. The number of aromatic nitrogens is 3. The highest BCUT2D eigenvalue weighted by Gasteiger charge is 2.20. The summed E-state index contributed by atoms with van der Waals surface area (Å²) in [6.07, 6.45) is 3.37. The van der Waals surface area contributed by atoms with Gasteiger partial charge in [-0.25, -0.2) is 9.97 Å². The highest BCUT2D eigenvalue weighted by molar-refractivity contribution is 7.98. The summed E-state index contributed by atoms with van der Waals surface area (Å²) in [5.74, 6) is 0.172. The summed E-state index contributed by atoms with van der Waals surface area (Å²) in [7, 11) is 2.94. The maximum absolute atomic E-state index is 11.7. The maximum Gasteiger partial charge on any atom is 0.258 e. The van der Waals surface area contributed by atoms with Crippen LogP contribution in [0.15, 0.2) is 23.5 Å². The molecule has 0 bridgehead atoms. The molecular formula is C13H15N5O3S. The molecule has 2 aromatic heterocycles. The molecule has 0 saturated heterocycles. The first kappa shape index (κ1) is 15.8. The molecule has 2 aromatic rings. The molecular weight excluding hydrogens is 306 g/mol. The average Bonchev–Trinajstić information content (AvgIpc) is 2.54. The van der Waals surface area contributed by atoms with Crippen LogP contribution in [-0.4, -0.2) is 41.3 Å². The maximum atomic E-state index is 11.7. The Balaban J connectivity index is 2.44. The number of nitrogens with zero attached hydrogens (tertiary/aromatic N) is 3. The van der Waals surface area contributed by atoms with Gasteiger partial charge in [0, 0.05) is 6.07 Å². The van der Waals surface area contributed by atoms with E-state index in [1.165, 1.54) is 26.0 Å². The highest BCUT2D eigenvalue weighted by atomic mass is 32.2. The van der Waals surface area contributed by atoms with Crippen LogP contribution in [0.1, 0.15) is 10.4 Å². The van der Waals surface area contributed by atoms with Crippen molar-refractivity contribution in [2.24, 2.45) is 5.73 Å². The van der Waals surface area contributed by atoms with E-state index in [0.717, 1.165) is 0 Å². The number of methoxy groups -OCH3 is 2. The summed E-state index contributed by atoms with van der Waals surface area (Å²) >= 11 is 1.32. The van der Waals surface area contributed by atoms with Gasteiger partial charge in [-0.15, -0.1) is 0 Å². The number of pyridine rings is 1. The van der Waals surface area contributed by atoms with Crippen molar-refractivity contribution in [2.75, 3.05) is 25.8 Å². The van der Waals surface area contributed by atoms with Gasteiger partial charge in [0.15, 0.2) is 11.0 Å². The molecule has 0 fully saturated rings. The standard InChI is InChI=1S/C13H15N5O3S/c1-20-8-5-4-7(6-15-8)16-11-9(10(14)19)12(21-2)18-13(17-11)22-3/h4-6H,1-3H3,(H2,14,19)(H,16,17,18). The lowest BCUT2D eigenvalue weighted by Gasteiger charge is -2.13. The first-order valence-corrected chi connectivity index (χ1v) is 7.38. The van der Waals surface area contributed by atoms with Gasteiger partial charge >= 0.3 is 0 Å². The van der Waals surface area contributed by atoms with Crippen molar-refractivity contribution in [3.8, 4) is 11.8 Å². The molecule has 0 aliphatic rings. The molecule has 0 atom stereocenters. The van der Waals surface area contributed by atoms with E-state index >= 15 is 0 Å². The molecule has 0 spiro atoms. The van der Waals surface area contributed by atoms with Crippen LogP contribution in [0.2, 0.25) is 0 Å². The molecule has 0 unspecified atom stereocenters. The van der Waals surface area contributed by atoms with Crippen molar-refractivity contribution in [2.45, 2.75) is 5.16 Å². The Hall–Kier alpha value is -2.55. The number of primary amides is 1. The molecule has 0 radical (unpaired) electrons. The van der Waals surface area contributed by atoms with Crippen molar-refractivity contribution in [3.05, 3.63) is 23.9 Å². The largest absolute Gasteiger partial charge is 0.481 e. The lowest BCUT2D eigenvalue weighted by atomic mass is 10.2. The van der Waals surface area contributed by atoms with Gasteiger partial charge in [-0.2, -0.15) is 4.98 Å². The number of hydrogen-bond donors (Lipinski definition) is 2. The number of nitrogens with two attached hydrogens (primary N) is 1. The van der Waals surface area contributed by atoms with Gasteiger partial charge in [-0.05, 0) is 12.3 Å². The van der Waals surface area contributed by atoms with Crippen LogP contribution >= 0.6 is 11.8 Å². The lowest BCUT2D eigenvalue weighted by molar-refractivity contribution is 0.0997. The number of amides is 1. The first-order valence-electron chi connectivity index (χ1n) is 6.16. The fourth-order valence-electron chi connectivity index (χ4n) is 1.68. The molecule has 0 aliphatic heterocycles. The zero-order valence-corrected chi connectivity index (χ0v) is 13.1. The van der Waals surface area contributed by atoms with Crippen LogP contribution < -0.4 is 20.5 Å². The molecule has 1 amide bonds. The number of carbonyl (C=O) groups excluding carboxylic acids is 1. The second-order valence-corrected chi connectivity index (χ2v) is 4.80. The molecule has 0 aliphatic carbocycles. The molecule has 0 saturated carbocycles. The van der Waals surface area contributed by atoms with Crippen LogP contribution in [0, 0.1) is 0 Å².